The highest BCUT2D eigenvalue weighted by Crippen LogP contribution is 2.45. The summed E-state index contributed by atoms with van der Waals surface area (Å²) in [6, 6.07) is 32.0. The van der Waals surface area contributed by atoms with Gasteiger partial charge < -0.3 is 44.8 Å². The number of phenols is 3. The molecule has 0 saturated heterocycles. The summed E-state index contributed by atoms with van der Waals surface area (Å²) in [6.45, 7) is 36.7. The largest absolute Gasteiger partial charge is 0.530 e. The van der Waals surface area contributed by atoms with Crippen molar-refractivity contribution in [2.75, 3.05) is 16.0 Å². The monoisotopic (exact) mass is 1090 g/mol. The quantitative estimate of drug-likeness (QED) is 0.0547. The highest BCUT2D eigenvalue weighted by atomic mass is 31.2. The molecule has 0 radical (unpaired) electrons. The van der Waals surface area contributed by atoms with Gasteiger partial charge in [-0.15, -0.1) is 0 Å². The first-order valence-electron chi connectivity index (χ1n) is 27.0. The molecule has 0 heterocycles. The van der Waals surface area contributed by atoms with Gasteiger partial charge in [0.2, 0.25) is 17.7 Å². The molecule has 0 atom stereocenters. The molecule has 422 valence electrons. The SMILES string of the molecule is CC(C)(C)c1cc(CC(=O)Nc2ccc(OP(Oc3ccc(NC(=O)Cc4cc(C(C)(C)C)c(O)c(C(C)(C)C)c4)cc3)Oc3ccc(NC(=O)Cc4cc(C(C)(C)C)c(O)c(C(C)(C)C)c4)cc3)cc2)cc(C(C)(C)C)c1O. The van der Waals surface area contributed by atoms with Crippen molar-refractivity contribution < 1.29 is 43.3 Å². The molecule has 6 aromatic carbocycles. The molecule has 0 fully saturated rings. The number of rotatable bonds is 15. The number of carbonyl (C=O) groups is 3. The highest BCUT2D eigenvalue weighted by molar-refractivity contribution is 7.43. The van der Waals surface area contributed by atoms with Crippen LogP contribution in [0.4, 0.5) is 17.1 Å². The summed E-state index contributed by atoms with van der Waals surface area (Å²) in [4.78, 5) is 40.5. The standard InChI is InChI=1S/C66H84N3O9P/c1-61(2,3)49-31-40(32-50(58(49)73)62(4,5)6)37-55(70)67-43-19-25-46(26-20-43)76-79(77-47-27-21-44(22-28-47)68-56(71)38-41-33-51(63(7,8)9)59(74)52(34-41)64(10,11)12)78-48-29-23-45(24-30-48)69-57(72)39-42-35-53(65(13,14)15)60(75)54(36-42)66(16,17)18/h19-36,73-75H,37-39H2,1-18H3,(H,67,70)(H,68,71)(H,69,72). The third-order valence-corrected chi connectivity index (χ3v) is 14.5. The Labute approximate surface area is 470 Å². The van der Waals surface area contributed by atoms with Crippen LogP contribution < -0.4 is 29.5 Å². The number of nitrogens with one attached hydrogen (secondary N) is 3. The number of hydrogen-bond donors (Lipinski definition) is 6. The Morgan fingerprint density at radius 3 is 0.684 bits per heavy atom. The zero-order valence-corrected chi connectivity index (χ0v) is 50.6. The van der Waals surface area contributed by atoms with Crippen molar-refractivity contribution >= 4 is 43.4 Å². The van der Waals surface area contributed by atoms with Crippen molar-refractivity contribution in [3.8, 4) is 34.5 Å². The van der Waals surface area contributed by atoms with E-state index in [2.05, 4.69) is 16.0 Å². The predicted molar refractivity (Wildman–Crippen MR) is 322 cm³/mol. The predicted octanol–water partition coefficient (Wildman–Crippen LogP) is 15.9. The molecule has 3 amide bonds. The van der Waals surface area contributed by atoms with Crippen LogP contribution in [0.5, 0.6) is 34.5 Å². The van der Waals surface area contributed by atoms with E-state index in [1.165, 1.54) is 0 Å². The van der Waals surface area contributed by atoms with E-state index < -0.39 is 8.60 Å². The summed E-state index contributed by atoms with van der Waals surface area (Å²) in [5.41, 5.74) is 6.74. The molecule has 6 N–H and O–H groups in total. The molecule has 6 aromatic rings. The topological polar surface area (TPSA) is 176 Å². The van der Waals surface area contributed by atoms with E-state index in [1.54, 1.807) is 72.8 Å². The Bertz CT molecular complexity index is 2710. The second-order valence-corrected chi connectivity index (χ2v) is 27.9. The lowest BCUT2D eigenvalue weighted by Crippen LogP contribution is -2.20. The summed E-state index contributed by atoms with van der Waals surface area (Å²) in [5, 5.41) is 42.6. The first-order valence-corrected chi connectivity index (χ1v) is 28.1. The van der Waals surface area contributed by atoms with E-state index in [1.807, 2.05) is 161 Å². The number of hydrogen-bond acceptors (Lipinski definition) is 9. The van der Waals surface area contributed by atoms with Gasteiger partial charge in [0.05, 0.1) is 19.3 Å². The average molecular weight is 1090 g/mol. The van der Waals surface area contributed by atoms with Gasteiger partial charge in [-0.25, -0.2) is 0 Å². The van der Waals surface area contributed by atoms with Gasteiger partial charge in [0, 0.05) is 17.1 Å². The third-order valence-electron chi connectivity index (χ3n) is 13.4. The van der Waals surface area contributed by atoms with Crippen LogP contribution in [-0.4, -0.2) is 33.0 Å². The van der Waals surface area contributed by atoms with E-state index >= 15 is 0 Å². The van der Waals surface area contributed by atoms with E-state index in [0.29, 0.717) is 34.3 Å². The first-order chi connectivity index (χ1) is 36.3. The summed E-state index contributed by atoms with van der Waals surface area (Å²) in [7, 11) is -2.18. The maximum atomic E-state index is 13.5. The van der Waals surface area contributed by atoms with Crippen molar-refractivity contribution in [2.45, 2.75) is 176 Å². The van der Waals surface area contributed by atoms with Crippen LogP contribution in [0.3, 0.4) is 0 Å². The lowest BCUT2D eigenvalue weighted by Gasteiger charge is -2.28. The van der Waals surface area contributed by atoms with Crippen molar-refractivity contribution in [1.29, 1.82) is 0 Å². The molecular formula is C66H84N3O9P. The van der Waals surface area contributed by atoms with Gasteiger partial charge in [-0.1, -0.05) is 161 Å². The van der Waals surface area contributed by atoms with E-state index in [9.17, 15) is 29.7 Å². The number of amides is 3. The Balaban J connectivity index is 1.19. The Hall–Kier alpha value is -7.04. The van der Waals surface area contributed by atoms with Crippen molar-refractivity contribution in [3.63, 3.8) is 0 Å². The maximum Gasteiger partial charge on any atom is 0.530 e. The van der Waals surface area contributed by atoms with Gasteiger partial charge in [0.1, 0.15) is 34.5 Å². The van der Waals surface area contributed by atoms with E-state index in [0.717, 1.165) is 50.1 Å². The molecule has 6 rings (SSSR count). The number of anilines is 3. The zero-order chi connectivity index (χ0) is 58.8. The number of carbonyl (C=O) groups excluding carboxylic acids is 3. The fourth-order valence-corrected chi connectivity index (χ4v) is 10.1. The van der Waals surface area contributed by atoms with Gasteiger partial charge in [-0.3, -0.25) is 14.4 Å². The molecular weight excluding hydrogens is 1010 g/mol. The normalized spacial score (nSPS) is 12.5. The fraction of sp³-hybridized carbons (Fsp3) is 0.409. The van der Waals surface area contributed by atoms with Crippen LogP contribution in [0.25, 0.3) is 0 Å². The van der Waals surface area contributed by atoms with Gasteiger partial charge in [0.15, 0.2) is 0 Å². The lowest BCUT2D eigenvalue weighted by molar-refractivity contribution is -0.116. The molecule has 0 spiro atoms. The minimum Gasteiger partial charge on any atom is -0.507 e. The Morgan fingerprint density at radius 1 is 0.342 bits per heavy atom. The highest BCUT2D eigenvalue weighted by Gasteiger charge is 2.31. The molecule has 0 aliphatic heterocycles. The molecule has 0 aliphatic carbocycles. The fourth-order valence-electron chi connectivity index (χ4n) is 9.10. The van der Waals surface area contributed by atoms with Crippen molar-refractivity contribution in [2.24, 2.45) is 0 Å². The van der Waals surface area contributed by atoms with Crippen LogP contribution in [0.2, 0.25) is 0 Å². The summed E-state index contributed by atoms with van der Waals surface area (Å²) >= 11 is 0. The van der Waals surface area contributed by atoms with Crippen LogP contribution in [0.1, 0.15) is 175 Å². The minimum atomic E-state index is -2.18. The minimum absolute atomic E-state index is 0.104. The average Bonchev–Trinajstić information content (AvgIpc) is 3.30. The second-order valence-electron chi connectivity index (χ2n) is 26.9. The molecule has 0 unspecified atom stereocenters. The first kappa shape index (κ1) is 61.2. The van der Waals surface area contributed by atoms with E-state index in [-0.39, 0.29) is 86.7 Å². The summed E-state index contributed by atoms with van der Waals surface area (Å²) in [5.74, 6) is 1.31. The van der Waals surface area contributed by atoms with Crippen LogP contribution in [-0.2, 0) is 66.1 Å². The molecule has 0 aliphatic rings. The molecule has 0 saturated carbocycles. The van der Waals surface area contributed by atoms with E-state index in [4.69, 9.17) is 13.6 Å². The second kappa shape index (κ2) is 23.3. The van der Waals surface area contributed by atoms with Crippen LogP contribution in [0, 0.1) is 0 Å². The van der Waals surface area contributed by atoms with Gasteiger partial charge in [-0.2, -0.15) is 0 Å². The van der Waals surface area contributed by atoms with Crippen LogP contribution in [0.15, 0.2) is 109 Å². The van der Waals surface area contributed by atoms with Crippen molar-refractivity contribution in [1.82, 2.24) is 0 Å². The van der Waals surface area contributed by atoms with Crippen molar-refractivity contribution in [3.05, 3.63) is 159 Å². The molecule has 12 nitrogen and oxygen atoms in total. The van der Waals surface area contributed by atoms with Crippen LogP contribution >= 0.6 is 8.60 Å². The zero-order valence-electron chi connectivity index (χ0n) is 49.8. The summed E-state index contributed by atoms with van der Waals surface area (Å²) in [6.07, 6.45) is 0.311. The molecule has 0 aromatic heterocycles. The molecule has 13 heteroatoms. The maximum absolute atomic E-state index is 13.5. The number of benzene rings is 6. The van der Waals surface area contributed by atoms with Gasteiger partial charge in [-0.05, 0) is 155 Å². The third kappa shape index (κ3) is 16.5. The Morgan fingerprint density at radius 2 is 0.519 bits per heavy atom. The molecule has 0 bridgehead atoms. The number of aromatic hydroxyl groups is 3. The lowest BCUT2D eigenvalue weighted by atomic mass is 9.78. The van der Waals surface area contributed by atoms with Gasteiger partial charge >= 0.3 is 8.60 Å². The summed E-state index contributed by atoms with van der Waals surface area (Å²) < 4.78 is 19.1. The smallest absolute Gasteiger partial charge is 0.507 e. The van der Waals surface area contributed by atoms with Gasteiger partial charge in [0.25, 0.3) is 0 Å². The Kier molecular flexibility index (Phi) is 18.1. The molecule has 79 heavy (non-hydrogen) atoms. The number of phenolic OH excluding ortho intramolecular Hbond substituents is 3.